The van der Waals surface area contributed by atoms with E-state index in [4.69, 9.17) is 0 Å². The third kappa shape index (κ3) is 4.86. The molecule has 26 heavy (non-hydrogen) atoms. The van der Waals surface area contributed by atoms with Crippen molar-refractivity contribution in [1.29, 1.82) is 0 Å². The summed E-state index contributed by atoms with van der Waals surface area (Å²) in [6.45, 7) is 19.9. The van der Waals surface area contributed by atoms with Gasteiger partial charge in [-0.05, 0) is 90.0 Å². The Bertz CT molecular complexity index is 811. The van der Waals surface area contributed by atoms with E-state index in [1.54, 1.807) is 5.03 Å². The van der Waals surface area contributed by atoms with Gasteiger partial charge >= 0.3 is 0 Å². The molecule has 0 aliphatic carbocycles. The summed E-state index contributed by atoms with van der Waals surface area (Å²) in [6, 6.07) is 9.26. The first-order chi connectivity index (χ1) is 11.9. The van der Waals surface area contributed by atoms with Crippen molar-refractivity contribution in [3.63, 3.8) is 0 Å². The molecule has 1 atom stereocenters. The molecular formula is C23H31BrP2. The molecule has 0 bridgehead atoms. The van der Waals surface area contributed by atoms with Gasteiger partial charge in [0.15, 0.2) is 0 Å². The second kappa shape index (κ2) is 8.26. The highest BCUT2D eigenvalue weighted by Crippen LogP contribution is 2.54. The first-order valence-electron chi connectivity index (χ1n) is 9.12. The van der Waals surface area contributed by atoms with Crippen LogP contribution in [0.4, 0.5) is 0 Å². The smallest absolute Gasteiger partial charge is 0.0282 e. The van der Waals surface area contributed by atoms with Gasteiger partial charge in [-0.25, -0.2) is 0 Å². The molecule has 0 spiro atoms. The number of hydrogen-bond acceptors (Lipinski definition) is 0. The molecule has 1 unspecified atom stereocenters. The van der Waals surface area contributed by atoms with Crippen LogP contribution in [0, 0.1) is 47.0 Å². The molecule has 0 fully saturated rings. The van der Waals surface area contributed by atoms with Gasteiger partial charge in [-0.1, -0.05) is 64.4 Å². The van der Waals surface area contributed by atoms with Crippen molar-refractivity contribution in [2.75, 3.05) is 0 Å². The van der Waals surface area contributed by atoms with Crippen LogP contribution < -0.4 is 10.6 Å². The van der Waals surface area contributed by atoms with Crippen LogP contribution in [-0.4, -0.2) is 5.03 Å². The lowest BCUT2D eigenvalue weighted by molar-refractivity contribution is 0.610. The standard InChI is InChI=1S/C23H31BrP2/c1-14-10-16(3)20(17(4)11-14)25-22(23(7,8)9)26(24)21-18(5)12-15(2)13-19(21)6/h10-13H,1-9H3. The first kappa shape index (κ1) is 21.8. The molecule has 0 nitrogen and oxygen atoms in total. The van der Waals surface area contributed by atoms with Crippen molar-refractivity contribution in [3.8, 4) is 0 Å². The second-order valence-electron chi connectivity index (χ2n) is 8.46. The van der Waals surface area contributed by atoms with Crippen molar-refractivity contribution in [2.24, 2.45) is 5.41 Å². The van der Waals surface area contributed by atoms with Gasteiger partial charge in [0.05, 0.1) is 0 Å². The predicted molar refractivity (Wildman–Crippen MR) is 128 cm³/mol. The van der Waals surface area contributed by atoms with Gasteiger partial charge in [0, 0.05) is 17.0 Å². The summed E-state index contributed by atoms with van der Waals surface area (Å²) in [5, 5.41) is 4.54. The Hall–Kier alpha value is -0.480. The molecule has 0 saturated heterocycles. The van der Waals surface area contributed by atoms with Crippen molar-refractivity contribution in [3.05, 3.63) is 57.6 Å². The summed E-state index contributed by atoms with van der Waals surface area (Å²) in [7, 11) is 1.36. The van der Waals surface area contributed by atoms with Gasteiger partial charge in [0.1, 0.15) is 0 Å². The molecule has 2 aromatic carbocycles. The molecule has 0 aromatic heterocycles. The zero-order valence-corrected chi connectivity index (χ0v) is 21.0. The van der Waals surface area contributed by atoms with Gasteiger partial charge in [-0.15, -0.1) is 0 Å². The maximum atomic E-state index is 4.16. The van der Waals surface area contributed by atoms with Gasteiger partial charge in [0.25, 0.3) is 0 Å². The highest BCUT2D eigenvalue weighted by atomic mass is 79.9. The summed E-state index contributed by atoms with van der Waals surface area (Å²) in [5.41, 5.74) is 8.45. The zero-order valence-electron chi connectivity index (χ0n) is 17.6. The molecule has 2 aromatic rings. The summed E-state index contributed by atoms with van der Waals surface area (Å²) in [6.07, 6.45) is 0. The van der Waals surface area contributed by atoms with Gasteiger partial charge in [-0.2, -0.15) is 0 Å². The Kier molecular flexibility index (Phi) is 6.93. The van der Waals surface area contributed by atoms with E-state index in [0.717, 1.165) is 0 Å². The fourth-order valence-electron chi connectivity index (χ4n) is 3.55. The minimum Gasteiger partial charge on any atom is -0.0621 e. The topological polar surface area (TPSA) is 0 Å². The lowest BCUT2D eigenvalue weighted by Crippen LogP contribution is -2.23. The van der Waals surface area contributed by atoms with Crippen molar-refractivity contribution < 1.29 is 0 Å². The molecule has 3 heteroatoms. The van der Waals surface area contributed by atoms with E-state index in [1.165, 1.54) is 52.2 Å². The molecule has 0 heterocycles. The van der Waals surface area contributed by atoms with E-state index >= 15 is 0 Å². The maximum Gasteiger partial charge on any atom is 0.0282 e. The highest BCUT2D eigenvalue weighted by molar-refractivity contribution is 9.41. The van der Waals surface area contributed by atoms with E-state index < -0.39 is 6.62 Å². The van der Waals surface area contributed by atoms with Crippen molar-refractivity contribution in [2.45, 2.75) is 62.3 Å². The van der Waals surface area contributed by atoms with Gasteiger partial charge in [0.2, 0.25) is 0 Å². The predicted octanol–water partition coefficient (Wildman–Crippen LogP) is 7.40. The lowest BCUT2D eigenvalue weighted by Gasteiger charge is -2.29. The Morgan fingerprint density at radius 2 is 1.15 bits per heavy atom. The lowest BCUT2D eigenvalue weighted by atomic mass is 10.0. The average Bonchev–Trinajstić information content (AvgIpc) is 2.43. The third-order valence-corrected chi connectivity index (χ3v) is 12.3. The van der Waals surface area contributed by atoms with Gasteiger partial charge < -0.3 is 0 Å². The normalized spacial score (nSPS) is 13.8. The number of aryl methyl sites for hydroxylation is 6. The largest absolute Gasteiger partial charge is 0.0621 e. The quantitative estimate of drug-likeness (QED) is 0.429. The number of rotatable bonds is 3. The van der Waals surface area contributed by atoms with E-state index in [-0.39, 0.29) is 5.41 Å². The van der Waals surface area contributed by atoms with Crippen LogP contribution in [0.2, 0.25) is 0 Å². The van der Waals surface area contributed by atoms with E-state index in [1.807, 2.05) is 0 Å². The number of hydrogen-bond donors (Lipinski definition) is 0. The first-order valence-corrected chi connectivity index (χ1v) is 13.4. The summed E-state index contributed by atoms with van der Waals surface area (Å²) < 4.78 is 0. The van der Waals surface area contributed by atoms with E-state index in [9.17, 15) is 0 Å². The highest BCUT2D eigenvalue weighted by Gasteiger charge is 2.28. The Labute approximate surface area is 171 Å². The molecule has 2 rings (SSSR count). The van der Waals surface area contributed by atoms with Crippen LogP contribution >= 0.6 is 30.3 Å². The number of halogens is 1. The average molecular weight is 449 g/mol. The molecule has 0 saturated carbocycles. The number of benzene rings is 2. The Balaban J connectivity index is 2.68. The van der Waals surface area contributed by atoms with Crippen LogP contribution in [-0.2, 0) is 0 Å². The molecule has 0 aliphatic rings. The molecule has 0 N–H and O–H groups in total. The minimum absolute atomic E-state index is 0.143. The third-order valence-electron chi connectivity index (χ3n) is 4.54. The molecule has 0 amide bonds. The summed E-state index contributed by atoms with van der Waals surface area (Å²) >= 11 is 4.16. The Morgan fingerprint density at radius 1 is 0.769 bits per heavy atom. The maximum absolute atomic E-state index is 4.16. The van der Waals surface area contributed by atoms with Crippen LogP contribution in [0.15, 0.2) is 24.3 Å². The summed E-state index contributed by atoms with van der Waals surface area (Å²) in [5.74, 6) is 0. The minimum atomic E-state index is -0.521. The SMILES string of the molecule is Cc1cc(C)c(P=C(P(Br)c2c(C)cc(C)cc2C)C(C)(C)C)c(C)c1. The van der Waals surface area contributed by atoms with Crippen LogP contribution in [0.3, 0.4) is 0 Å². The molecule has 0 radical (unpaired) electrons. The molecular weight excluding hydrogens is 418 g/mol. The van der Waals surface area contributed by atoms with Crippen molar-refractivity contribution >= 4 is 46.0 Å². The molecule has 0 aliphatic heterocycles. The van der Waals surface area contributed by atoms with Crippen LogP contribution in [0.25, 0.3) is 0 Å². The van der Waals surface area contributed by atoms with Crippen LogP contribution in [0.1, 0.15) is 54.2 Å². The fourth-order valence-corrected chi connectivity index (χ4v) is 11.1. The van der Waals surface area contributed by atoms with Crippen molar-refractivity contribution in [1.82, 2.24) is 0 Å². The van der Waals surface area contributed by atoms with E-state index in [0.29, 0.717) is 0 Å². The summed E-state index contributed by atoms with van der Waals surface area (Å²) in [4.78, 5) is 0. The Morgan fingerprint density at radius 3 is 1.54 bits per heavy atom. The van der Waals surface area contributed by atoms with E-state index in [2.05, 4.69) is 102 Å². The fraction of sp³-hybridized carbons (Fsp3) is 0.435. The second-order valence-corrected chi connectivity index (χ2v) is 13.5. The zero-order chi connectivity index (χ0) is 19.8. The monoisotopic (exact) mass is 448 g/mol. The van der Waals surface area contributed by atoms with Crippen LogP contribution in [0.5, 0.6) is 0 Å². The van der Waals surface area contributed by atoms with Gasteiger partial charge in [-0.3, -0.25) is 0 Å². The molecule has 140 valence electrons.